The van der Waals surface area contributed by atoms with E-state index in [4.69, 9.17) is 5.73 Å². The SMILES string of the molecule is CCCC1CCN(CC(N)(CO)C2CC2)C1. The van der Waals surface area contributed by atoms with Crippen LogP contribution >= 0.6 is 0 Å². The highest BCUT2D eigenvalue weighted by atomic mass is 16.3. The summed E-state index contributed by atoms with van der Waals surface area (Å²) in [6.45, 7) is 5.67. The van der Waals surface area contributed by atoms with Gasteiger partial charge in [0.25, 0.3) is 0 Å². The molecule has 3 heteroatoms. The molecule has 16 heavy (non-hydrogen) atoms. The van der Waals surface area contributed by atoms with Gasteiger partial charge in [0.1, 0.15) is 0 Å². The molecule has 0 aromatic carbocycles. The van der Waals surface area contributed by atoms with Crippen LogP contribution in [0.5, 0.6) is 0 Å². The molecular formula is C13H26N2O. The van der Waals surface area contributed by atoms with Crippen molar-refractivity contribution in [1.82, 2.24) is 4.90 Å². The summed E-state index contributed by atoms with van der Waals surface area (Å²) in [4.78, 5) is 2.47. The number of aliphatic hydroxyl groups is 1. The largest absolute Gasteiger partial charge is 0.394 e. The monoisotopic (exact) mass is 226 g/mol. The lowest BCUT2D eigenvalue weighted by Crippen LogP contribution is -2.54. The van der Waals surface area contributed by atoms with Crippen molar-refractivity contribution in [3.8, 4) is 0 Å². The number of nitrogens with zero attached hydrogens (tertiary/aromatic N) is 1. The van der Waals surface area contributed by atoms with Crippen LogP contribution in [0.15, 0.2) is 0 Å². The molecule has 1 saturated heterocycles. The average molecular weight is 226 g/mol. The fraction of sp³-hybridized carbons (Fsp3) is 1.00. The third-order valence-corrected chi connectivity index (χ3v) is 4.27. The Labute approximate surface area is 99.0 Å². The molecule has 3 nitrogen and oxygen atoms in total. The van der Waals surface area contributed by atoms with Crippen LogP contribution < -0.4 is 5.73 Å². The normalized spacial score (nSPS) is 30.6. The van der Waals surface area contributed by atoms with E-state index in [2.05, 4.69) is 11.8 Å². The number of hydrogen-bond donors (Lipinski definition) is 2. The van der Waals surface area contributed by atoms with E-state index >= 15 is 0 Å². The van der Waals surface area contributed by atoms with Gasteiger partial charge in [-0.2, -0.15) is 0 Å². The highest BCUT2D eigenvalue weighted by Crippen LogP contribution is 2.39. The molecular weight excluding hydrogens is 200 g/mol. The Balaban J connectivity index is 1.81. The van der Waals surface area contributed by atoms with Gasteiger partial charge in [-0.25, -0.2) is 0 Å². The van der Waals surface area contributed by atoms with E-state index in [0.29, 0.717) is 5.92 Å². The zero-order chi connectivity index (χ0) is 11.6. The van der Waals surface area contributed by atoms with Gasteiger partial charge in [-0.05, 0) is 44.1 Å². The fourth-order valence-electron chi connectivity index (χ4n) is 3.08. The maximum Gasteiger partial charge on any atom is 0.0626 e. The van der Waals surface area contributed by atoms with Crippen LogP contribution in [0, 0.1) is 11.8 Å². The summed E-state index contributed by atoms with van der Waals surface area (Å²) in [6, 6.07) is 0. The van der Waals surface area contributed by atoms with Crippen LogP contribution in [-0.4, -0.2) is 41.8 Å². The zero-order valence-electron chi connectivity index (χ0n) is 10.5. The highest BCUT2D eigenvalue weighted by molar-refractivity contribution is 5.01. The molecule has 0 aromatic heterocycles. The van der Waals surface area contributed by atoms with Crippen molar-refractivity contribution in [2.75, 3.05) is 26.2 Å². The molecule has 94 valence electrons. The minimum Gasteiger partial charge on any atom is -0.394 e. The number of rotatable bonds is 6. The zero-order valence-corrected chi connectivity index (χ0v) is 10.5. The van der Waals surface area contributed by atoms with Crippen molar-refractivity contribution in [1.29, 1.82) is 0 Å². The molecule has 2 rings (SSSR count). The molecule has 0 bridgehead atoms. The third-order valence-electron chi connectivity index (χ3n) is 4.27. The third kappa shape index (κ3) is 2.76. The molecule has 2 unspecified atom stereocenters. The summed E-state index contributed by atoms with van der Waals surface area (Å²) < 4.78 is 0. The molecule has 1 heterocycles. The van der Waals surface area contributed by atoms with Crippen molar-refractivity contribution < 1.29 is 5.11 Å². The maximum atomic E-state index is 9.47. The number of aliphatic hydroxyl groups excluding tert-OH is 1. The number of nitrogens with two attached hydrogens (primary N) is 1. The second-order valence-corrected chi connectivity index (χ2v) is 5.84. The summed E-state index contributed by atoms with van der Waals surface area (Å²) in [6.07, 6.45) is 6.37. The standard InChI is InChI=1S/C13H26N2O/c1-2-3-11-6-7-15(8-11)9-13(14,10-16)12-4-5-12/h11-12,16H,2-10,14H2,1H3. The first-order chi connectivity index (χ1) is 7.68. The van der Waals surface area contributed by atoms with Crippen molar-refractivity contribution in [2.45, 2.75) is 44.6 Å². The van der Waals surface area contributed by atoms with Crippen molar-refractivity contribution in [3.05, 3.63) is 0 Å². The van der Waals surface area contributed by atoms with E-state index in [-0.39, 0.29) is 12.1 Å². The molecule has 2 aliphatic rings. The van der Waals surface area contributed by atoms with Gasteiger partial charge >= 0.3 is 0 Å². The first-order valence-corrected chi connectivity index (χ1v) is 6.80. The molecule has 0 aromatic rings. The van der Waals surface area contributed by atoms with E-state index in [9.17, 15) is 5.11 Å². The summed E-state index contributed by atoms with van der Waals surface area (Å²) in [5, 5.41) is 9.47. The predicted octanol–water partition coefficient (Wildman–Crippen LogP) is 1.21. The van der Waals surface area contributed by atoms with E-state index in [1.807, 2.05) is 0 Å². The summed E-state index contributed by atoms with van der Waals surface area (Å²) >= 11 is 0. The lowest BCUT2D eigenvalue weighted by Gasteiger charge is -2.32. The van der Waals surface area contributed by atoms with Crippen molar-refractivity contribution in [2.24, 2.45) is 17.6 Å². The Hall–Kier alpha value is -0.120. The smallest absolute Gasteiger partial charge is 0.0626 e. The second-order valence-electron chi connectivity index (χ2n) is 5.84. The molecule has 1 aliphatic heterocycles. The van der Waals surface area contributed by atoms with Gasteiger partial charge < -0.3 is 15.7 Å². The lowest BCUT2D eigenvalue weighted by molar-refractivity contribution is 0.131. The molecule has 1 saturated carbocycles. The van der Waals surface area contributed by atoms with Gasteiger partial charge in [-0.3, -0.25) is 0 Å². The summed E-state index contributed by atoms with van der Waals surface area (Å²) in [5.41, 5.74) is 5.99. The Morgan fingerprint density at radius 3 is 2.69 bits per heavy atom. The Morgan fingerprint density at radius 1 is 1.38 bits per heavy atom. The Bertz CT molecular complexity index is 230. The topological polar surface area (TPSA) is 49.5 Å². The van der Waals surface area contributed by atoms with E-state index in [0.717, 1.165) is 12.5 Å². The van der Waals surface area contributed by atoms with Gasteiger partial charge in [-0.15, -0.1) is 0 Å². The molecule has 1 aliphatic carbocycles. The van der Waals surface area contributed by atoms with Crippen molar-refractivity contribution in [3.63, 3.8) is 0 Å². The quantitative estimate of drug-likeness (QED) is 0.715. The minimum absolute atomic E-state index is 0.145. The van der Waals surface area contributed by atoms with Crippen LogP contribution in [0.2, 0.25) is 0 Å². The van der Waals surface area contributed by atoms with Crippen LogP contribution in [0.1, 0.15) is 39.0 Å². The van der Waals surface area contributed by atoms with E-state index in [1.165, 1.54) is 45.2 Å². The summed E-state index contributed by atoms with van der Waals surface area (Å²) in [7, 11) is 0. The molecule has 3 N–H and O–H groups in total. The van der Waals surface area contributed by atoms with Gasteiger partial charge in [0.05, 0.1) is 12.1 Å². The molecule has 0 amide bonds. The fourth-order valence-corrected chi connectivity index (χ4v) is 3.08. The first-order valence-electron chi connectivity index (χ1n) is 6.80. The molecule has 0 spiro atoms. The van der Waals surface area contributed by atoms with Gasteiger partial charge in [-0.1, -0.05) is 13.3 Å². The first kappa shape index (κ1) is 12.3. The molecule has 2 fully saturated rings. The number of hydrogen-bond acceptors (Lipinski definition) is 3. The van der Waals surface area contributed by atoms with E-state index < -0.39 is 0 Å². The minimum atomic E-state index is -0.318. The number of likely N-dealkylation sites (tertiary alicyclic amines) is 1. The van der Waals surface area contributed by atoms with Gasteiger partial charge in [0, 0.05) is 13.1 Å². The Morgan fingerprint density at radius 2 is 2.12 bits per heavy atom. The van der Waals surface area contributed by atoms with Crippen molar-refractivity contribution >= 4 is 0 Å². The predicted molar refractivity (Wildman–Crippen MR) is 66.2 cm³/mol. The second kappa shape index (κ2) is 5.03. The van der Waals surface area contributed by atoms with Gasteiger partial charge in [0.2, 0.25) is 0 Å². The van der Waals surface area contributed by atoms with Gasteiger partial charge in [0.15, 0.2) is 0 Å². The van der Waals surface area contributed by atoms with Crippen LogP contribution in [0.4, 0.5) is 0 Å². The van der Waals surface area contributed by atoms with Crippen LogP contribution in [0.3, 0.4) is 0 Å². The van der Waals surface area contributed by atoms with E-state index in [1.54, 1.807) is 0 Å². The summed E-state index contributed by atoms with van der Waals surface area (Å²) in [5.74, 6) is 1.44. The highest BCUT2D eigenvalue weighted by Gasteiger charge is 2.43. The molecule has 2 atom stereocenters. The maximum absolute atomic E-state index is 9.47. The van der Waals surface area contributed by atoms with Crippen LogP contribution in [0.25, 0.3) is 0 Å². The van der Waals surface area contributed by atoms with Crippen LogP contribution in [-0.2, 0) is 0 Å². The lowest BCUT2D eigenvalue weighted by atomic mass is 9.95. The average Bonchev–Trinajstić information content (AvgIpc) is 3.04. The molecule has 0 radical (unpaired) electrons. The Kier molecular flexibility index (Phi) is 3.88.